The summed E-state index contributed by atoms with van der Waals surface area (Å²) < 4.78 is 16.2. The van der Waals surface area contributed by atoms with Crippen molar-refractivity contribution in [1.29, 1.82) is 0 Å². The Bertz CT molecular complexity index is 805. The number of carbonyl (C=O) groups excluding carboxylic acids is 2. The number of piperidine rings is 1. The monoisotopic (exact) mass is 383 g/mol. The lowest BCUT2D eigenvalue weighted by Crippen LogP contribution is -2.53. The highest BCUT2D eigenvalue weighted by molar-refractivity contribution is 5.89. The van der Waals surface area contributed by atoms with Gasteiger partial charge in [0.05, 0.1) is 12.7 Å². The molecule has 0 radical (unpaired) electrons. The van der Waals surface area contributed by atoms with E-state index in [-0.39, 0.29) is 6.61 Å². The molecule has 2 aromatic rings. The molecule has 28 heavy (non-hydrogen) atoms. The third-order valence-corrected chi connectivity index (χ3v) is 5.10. The fraction of sp³-hybridized carbons (Fsp3) is 0.364. The minimum absolute atomic E-state index is 0.206. The Morgan fingerprint density at radius 2 is 1.71 bits per heavy atom. The molecule has 0 bridgehead atoms. The second kappa shape index (κ2) is 8.89. The van der Waals surface area contributed by atoms with Crippen LogP contribution in [0.5, 0.6) is 0 Å². The molecule has 1 fully saturated rings. The van der Waals surface area contributed by atoms with E-state index in [4.69, 9.17) is 14.2 Å². The Hall–Kier alpha value is -2.86. The molecule has 1 heterocycles. The van der Waals surface area contributed by atoms with Gasteiger partial charge in [-0.05, 0) is 30.5 Å². The first-order chi connectivity index (χ1) is 13.6. The maximum atomic E-state index is 12.9. The van der Waals surface area contributed by atoms with Gasteiger partial charge in [0.1, 0.15) is 6.61 Å². The summed E-state index contributed by atoms with van der Waals surface area (Å²) in [5.74, 6) is -0.402. The molecule has 0 saturated carbocycles. The van der Waals surface area contributed by atoms with Gasteiger partial charge in [-0.1, -0.05) is 42.5 Å². The highest BCUT2D eigenvalue weighted by Crippen LogP contribution is 2.39. The molecule has 1 aliphatic heterocycles. The summed E-state index contributed by atoms with van der Waals surface area (Å²) in [5.41, 5.74) is 1.27. The number of rotatable bonds is 5. The van der Waals surface area contributed by atoms with Crippen molar-refractivity contribution >= 4 is 12.1 Å². The summed E-state index contributed by atoms with van der Waals surface area (Å²) >= 11 is 0. The van der Waals surface area contributed by atoms with Gasteiger partial charge in [-0.25, -0.2) is 9.59 Å². The maximum absolute atomic E-state index is 12.9. The van der Waals surface area contributed by atoms with Crippen molar-refractivity contribution < 1.29 is 23.8 Å². The van der Waals surface area contributed by atoms with Gasteiger partial charge in [0.25, 0.3) is 0 Å². The molecule has 1 atom stereocenters. The van der Waals surface area contributed by atoms with Crippen molar-refractivity contribution in [3.8, 4) is 0 Å². The number of hydrogen-bond donors (Lipinski definition) is 0. The summed E-state index contributed by atoms with van der Waals surface area (Å²) in [5, 5.41) is 0. The molecule has 148 valence electrons. The Labute approximate surface area is 165 Å². The summed E-state index contributed by atoms with van der Waals surface area (Å²) in [6, 6.07) is 16.5. The van der Waals surface area contributed by atoms with E-state index < -0.39 is 17.8 Å². The normalized spacial score (nSPS) is 19.1. The van der Waals surface area contributed by atoms with Crippen molar-refractivity contribution in [2.24, 2.45) is 0 Å². The minimum atomic E-state index is -0.916. The number of likely N-dealkylation sites (tertiary alicyclic amines) is 1. The molecule has 3 rings (SSSR count). The van der Waals surface area contributed by atoms with E-state index in [1.54, 1.807) is 36.3 Å². The average molecular weight is 383 g/mol. The Balaban J connectivity index is 1.82. The predicted molar refractivity (Wildman–Crippen MR) is 104 cm³/mol. The highest BCUT2D eigenvalue weighted by atomic mass is 16.6. The average Bonchev–Trinajstić information content (AvgIpc) is 2.77. The Morgan fingerprint density at radius 3 is 2.36 bits per heavy atom. The Kier molecular flexibility index (Phi) is 6.31. The van der Waals surface area contributed by atoms with Crippen LogP contribution in [-0.4, -0.2) is 37.7 Å². The van der Waals surface area contributed by atoms with E-state index >= 15 is 0 Å². The molecule has 0 aliphatic carbocycles. The van der Waals surface area contributed by atoms with E-state index in [2.05, 4.69) is 0 Å². The second-order valence-electron chi connectivity index (χ2n) is 6.71. The molecule has 0 aromatic heterocycles. The first kappa shape index (κ1) is 19.9. The lowest BCUT2D eigenvalue weighted by molar-refractivity contribution is -0.151. The zero-order valence-corrected chi connectivity index (χ0v) is 16.2. The van der Waals surface area contributed by atoms with E-state index in [0.29, 0.717) is 18.5 Å². The first-order valence-electron chi connectivity index (χ1n) is 9.33. The quantitative estimate of drug-likeness (QED) is 0.728. The largest absolute Gasteiger partial charge is 0.465 e. The SMILES string of the molecule is COC(=O)c1ccc(C2(OC)CCCCN2C(=O)OCc2ccccc2)cc1. The van der Waals surface area contributed by atoms with Crippen LogP contribution in [0.3, 0.4) is 0 Å². The second-order valence-corrected chi connectivity index (χ2v) is 6.71. The lowest BCUT2D eigenvalue weighted by Gasteiger charge is -2.45. The number of carbonyl (C=O) groups is 2. The van der Waals surface area contributed by atoms with Crippen molar-refractivity contribution in [2.75, 3.05) is 20.8 Å². The van der Waals surface area contributed by atoms with Crippen LogP contribution in [0, 0.1) is 0 Å². The van der Waals surface area contributed by atoms with Crippen LogP contribution < -0.4 is 0 Å². The number of esters is 1. The van der Waals surface area contributed by atoms with Crippen LogP contribution in [0.4, 0.5) is 4.79 Å². The van der Waals surface area contributed by atoms with Gasteiger partial charge < -0.3 is 14.2 Å². The minimum Gasteiger partial charge on any atom is -0.465 e. The van der Waals surface area contributed by atoms with Gasteiger partial charge >= 0.3 is 12.1 Å². The van der Waals surface area contributed by atoms with Crippen LogP contribution in [0.25, 0.3) is 0 Å². The number of amides is 1. The van der Waals surface area contributed by atoms with Crippen molar-refractivity contribution in [1.82, 2.24) is 4.90 Å². The molecule has 6 heteroatoms. The third-order valence-electron chi connectivity index (χ3n) is 5.10. The maximum Gasteiger partial charge on any atom is 0.412 e. The summed E-state index contributed by atoms with van der Waals surface area (Å²) in [4.78, 5) is 26.2. The van der Waals surface area contributed by atoms with Crippen LogP contribution in [0.2, 0.25) is 0 Å². The van der Waals surface area contributed by atoms with Gasteiger partial charge in [-0.2, -0.15) is 0 Å². The summed E-state index contributed by atoms with van der Waals surface area (Å²) in [6.07, 6.45) is 2.05. The summed E-state index contributed by atoms with van der Waals surface area (Å²) in [6.45, 7) is 0.747. The fourth-order valence-corrected chi connectivity index (χ4v) is 3.60. The van der Waals surface area contributed by atoms with Crippen molar-refractivity contribution in [3.05, 3.63) is 71.3 Å². The van der Waals surface area contributed by atoms with Gasteiger partial charge in [0, 0.05) is 25.6 Å². The molecule has 1 aliphatic rings. The molecule has 1 unspecified atom stereocenters. The molecular weight excluding hydrogens is 358 g/mol. The van der Waals surface area contributed by atoms with Gasteiger partial charge in [-0.15, -0.1) is 0 Å². The van der Waals surface area contributed by atoms with Gasteiger partial charge in [-0.3, -0.25) is 4.90 Å². The van der Waals surface area contributed by atoms with Gasteiger partial charge in [0.2, 0.25) is 0 Å². The smallest absolute Gasteiger partial charge is 0.412 e. The predicted octanol–water partition coefficient (Wildman–Crippen LogP) is 4.10. The van der Waals surface area contributed by atoms with Gasteiger partial charge in [0.15, 0.2) is 5.72 Å². The van der Waals surface area contributed by atoms with E-state index in [1.807, 2.05) is 30.3 Å². The fourth-order valence-electron chi connectivity index (χ4n) is 3.60. The zero-order chi connectivity index (χ0) is 20.0. The molecule has 6 nitrogen and oxygen atoms in total. The van der Waals surface area contributed by atoms with Crippen LogP contribution in [0.1, 0.15) is 40.7 Å². The van der Waals surface area contributed by atoms with Crippen molar-refractivity contribution in [2.45, 2.75) is 31.6 Å². The van der Waals surface area contributed by atoms with E-state index in [0.717, 1.165) is 24.0 Å². The number of nitrogens with zero attached hydrogens (tertiary/aromatic N) is 1. The first-order valence-corrected chi connectivity index (χ1v) is 9.33. The molecule has 1 saturated heterocycles. The highest BCUT2D eigenvalue weighted by Gasteiger charge is 2.44. The van der Waals surface area contributed by atoms with Crippen molar-refractivity contribution in [3.63, 3.8) is 0 Å². The Morgan fingerprint density at radius 1 is 1.00 bits per heavy atom. The number of hydrogen-bond acceptors (Lipinski definition) is 5. The van der Waals surface area contributed by atoms with E-state index in [9.17, 15) is 9.59 Å². The van der Waals surface area contributed by atoms with Crippen LogP contribution in [-0.2, 0) is 26.5 Å². The van der Waals surface area contributed by atoms with E-state index in [1.165, 1.54) is 7.11 Å². The third kappa shape index (κ3) is 4.02. The zero-order valence-electron chi connectivity index (χ0n) is 16.2. The van der Waals surface area contributed by atoms with Crippen LogP contribution >= 0.6 is 0 Å². The molecule has 1 amide bonds. The molecule has 2 aromatic carbocycles. The lowest BCUT2D eigenvalue weighted by atomic mass is 9.90. The number of ether oxygens (including phenoxy) is 3. The standard InChI is InChI=1S/C22H25NO5/c1-26-20(24)18-10-12-19(13-11-18)22(27-2)14-6-7-15-23(22)21(25)28-16-17-8-4-3-5-9-17/h3-5,8-13H,6-7,14-16H2,1-2H3. The van der Waals surface area contributed by atoms with Crippen LogP contribution in [0.15, 0.2) is 54.6 Å². The number of benzene rings is 2. The molecule has 0 spiro atoms. The molecular formula is C22H25NO5. The summed E-state index contributed by atoms with van der Waals surface area (Å²) in [7, 11) is 2.94. The topological polar surface area (TPSA) is 65.1 Å². The number of methoxy groups -OCH3 is 2. The molecule has 0 N–H and O–H groups in total.